The summed E-state index contributed by atoms with van der Waals surface area (Å²) in [4.78, 5) is 0. The molecule has 0 aliphatic carbocycles. The van der Waals surface area contributed by atoms with Gasteiger partial charge >= 0.3 is 0 Å². The van der Waals surface area contributed by atoms with Gasteiger partial charge in [0.2, 0.25) is 0 Å². The van der Waals surface area contributed by atoms with Gasteiger partial charge in [-0.25, -0.2) is 0 Å². The van der Waals surface area contributed by atoms with Crippen LogP contribution in [0.1, 0.15) is 39.7 Å². The summed E-state index contributed by atoms with van der Waals surface area (Å²) in [6.45, 7) is 8.64. The van der Waals surface area contributed by atoms with E-state index in [1.807, 2.05) is 19.9 Å². The largest absolute Gasteiger partial charge is 0.389 e. The minimum absolute atomic E-state index is 0.0514. The first-order valence-corrected chi connectivity index (χ1v) is 6.30. The van der Waals surface area contributed by atoms with Crippen LogP contribution in [0.15, 0.2) is 30.3 Å². The quantitative estimate of drug-likeness (QED) is 0.794. The van der Waals surface area contributed by atoms with Crippen LogP contribution in [0.5, 0.6) is 0 Å². The maximum atomic E-state index is 9.70. The summed E-state index contributed by atoms with van der Waals surface area (Å²) in [7, 11) is 0. The second-order valence-electron chi connectivity index (χ2n) is 6.04. The van der Waals surface area contributed by atoms with Gasteiger partial charge in [0.25, 0.3) is 0 Å². The molecule has 0 amide bonds. The predicted molar refractivity (Wildman–Crippen MR) is 73.1 cm³/mol. The molecular formula is C15H25NO. The molecule has 0 unspecified atom stereocenters. The van der Waals surface area contributed by atoms with Gasteiger partial charge in [-0.1, -0.05) is 30.3 Å². The van der Waals surface area contributed by atoms with E-state index in [0.717, 1.165) is 12.8 Å². The van der Waals surface area contributed by atoms with E-state index in [-0.39, 0.29) is 5.54 Å². The van der Waals surface area contributed by atoms with Crippen LogP contribution < -0.4 is 5.32 Å². The Bertz CT molecular complexity index is 325. The van der Waals surface area contributed by atoms with Gasteiger partial charge in [0, 0.05) is 12.1 Å². The normalized spacial score (nSPS) is 12.8. The topological polar surface area (TPSA) is 32.3 Å². The zero-order chi connectivity index (χ0) is 12.9. The lowest BCUT2D eigenvalue weighted by Gasteiger charge is -2.30. The van der Waals surface area contributed by atoms with Gasteiger partial charge in [-0.15, -0.1) is 0 Å². The molecule has 0 radical (unpaired) electrons. The third kappa shape index (κ3) is 6.44. The monoisotopic (exact) mass is 235 g/mol. The molecule has 0 atom stereocenters. The van der Waals surface area contributed by atoms with Crippen molar-refractivity contribution in [3.63, 3.8) is 0 Å². The Morgan fingerprint density at radius 1 is 1.06 bits per heavy atom. The van der Waals surface area contributed by atoms with Crippen LogP contribution in [0.4, 0.5) is 0 Å². The Morgan fingerprint density at radius 3 is 2.18 bits per heavy atom. The molecule has 0 heterocycles. The summed E-state index contributed by atoms with van der Waals surface area (Å²) in [5, 5.41) is 13.1. The summed E-state index contributed by atoms with van der Waals surface area (Å²) in [5.74, 6) is 0. The Hall–Kier alpha value is -0.860. The van der Waals surface area contributed by atoms with Gasteiger partial charge in [-0.2, -0.15) is 0 Å². The van der Waals surface area contributed by atoms with E-state index in [9.17, 15) is 5.11 Å². The van der Waals surface area contributed by atoms with Crippen LogP contribution in [0.25, 0.3) is 0 Å². The van der Waals surface area contributed by atoms with Crippen molar-refractivity contribution in [1.29, 1.82) is 0 Å². The first kappa shape index (κ1) is 14.2. The molecule has 1 aromatic carbocycles. The van der Waals surface area contributed by atoms with Crippen molar-refractivity contribution < 1.29 is 5.11 Å². The zero-order valence-electron chi connectivity index (χ0n) is 11.5. The molecule has 1 rings (SSSR count). The van der Waals surface area contributed by atoms with E-state index < -0.39 is 5.60 Å². The molecule has 2 N–H and O–H groups in total. The fourth-order valence-corrected chi connectivity index (χ4v) is 1.65. The second kappa shape index (κ2) is 5.65. The zero-order valence-corrected chi connectivity index (χ0v) is 11.5. The Morgan fingerprint density at radius 2 is 1.65 bits per heavy atom. The lowest BCUT2D eigenvalue weighted by molar-refractivity contribution is 0.0704. The maximum absolute atomic E-state index is 9.70. The lowest BCUT2D eigenvalue weighted by atomic mass is 9.94. The summed E-state index contributed by atoms with van der Waals surface area (Å²) in [6, 6.07) is 10.5. The summed E-state index contributed by atoms with van der Waals surface area (Å²) in [5.41, 5.74) is 0.769. The Kier molecular flexibility index (Phi) is 4.72. The molecule has 2 heteroatoms. The number of benzene rings is 1. The van der Waals surface area contributed by atoms with E-state index >= 15 is 0 Å². The van der Waals surface area contributed by atoms with Crippen LogP contribution in [-0.4, -0.2) is 22.8 Å². The molecule has 0 aliphatic rings. The number of aliphatic hydroxyl groups is 1. The second-order valence-corrected chi connectivity index (χ2v) is 6.04. The first-order chi connectivity index (χ1) is 7.79. The summed E-state index contributed by atoms with van der Waals surface area (Å²) >= 11 is 0. The minimum atomic E-state index is -0.649. The van der Waals surface area contributed by atoms with Gasteiger partial charge < -0.3 is 10.4 Å². The Labute approximate surface area is 105 Å². The van der Waals surface area contributed by atoms with Gasteiger partial charge in [0.1, 0.15) is 0 Å². The first-order valence-electron chi connectivity index (χ1n) is 6.30. The molecule has 0 aromatic heterocycles. The maximum Gasteiger partial charge on any atom is 0.0715 e. The van der Waals surface area contributed by atoms with Crippen molar-refractivity contribution in [2.24, 2.45) is 0 Å². The number of β-amino-alcohol motifs (C(OH)–C–C–N with tert-alkyl or cyclic N) is 1. The Balaban J connectivity index is 2.39. The van der Waals surface area contributed by atoms with E-state index in [1.54, 1.807) is 0 Å². The van der Waals surface area contributed by atoms with Gasteiger partial charge in [0.05, 0.1) is 5.60 Å². The number of rotatable bonds is 6. The van der Waals surface area contributed by atoms with Crippen molar-refractivity contribution in [3.05, 3.63) is 35.9 Å². The SMILES string of the molecule is CC(C)(O)CNC(C)(C)CCc1ccccc1. The van der Waals surface area contributed by atoms with Crippen LogP contribution in [-0.2, 0) is 6.42 Å². The van der Waals surface area contributed by atoms with E-state index in [4.69, 9.17) is 0 Å². The van der Waals surface area contributed by atoms with Gasteiger partial charge in [-0.3, -0.25) is 0 Å². The highest BCUT2D eigenvalue weighted by Crippen LogP contribution is 2.14. The van der Waals surface area contributed by atoms with Crippen molar-refractivity contribution in [2.45, 2.75) is 51.7 Å². The molecule has 17 heavy (non-hydrogen) atoms. The molecule has 1 aromatic rings. The number of aryl methyl sites for hydroxylation is 1. The lowest BCUT2D eigenvalue weighted by Crippen LogP contribution is -2.46. The minimum Gasteiger partial charge on any atom is -0.389 e. The van der Waals surface area contributed by atoms with Crippen molar-refractivity contribution in [2.75, 3.05) is 6.54 Å². The van der Waals surface area contributed by atoms with Crippen LogP contribution in [0, 0.1) is 0 Å². The number of hydrogen-bond donors (Lipinski definition) is 2. The highest BCUT2D eigenvalue weighted by molar-refractivity contribution is 5.15. The average Bonchev–Trinajstić information content (AvgIpc) is 2.25. The molecule has 0 bridgehead atoms. The molecule has 0 saturated carbocycles. The van der Waals surface area contributed by atoms with Gasteiger partial charge in [-0.05, 0) is 46.1 Å². The van der Waals surface area contributed by atoms with Crippen LogP contribution >= 0.6 is 0 Å². The highest BCUT2D eigenvalue weighted by Gasteiger charge is 2.21. The van der Waals surface area contributed by atoms with E-state index in [0.29, 0.717) is 6.54 Å². The smallest absolute Gasteiger partial charge is 0.0715 e. The summed E-state index contributed by atoms with van der Waals surface area (Å²) < 4.78 is 0. The molecular weight excluding hydrogens is 210 g/mol. The van der Waals surface area contributed by atoms with Crippen molar-refractivity contribution in [1.82, 2.24) is 5.32 Å². The third-order valence-electron chi connectivity index (χ3n) is 2.88. The fraction of sp³-hybridized carbons (Fsp3) is 0.600. The average molecular weight is 235 g/mol. The van der Waals surface area contributed by atoms with Crippen molar-refractivity contribution in [3.8, 4) is 0 Å². The molecule has 0 aliphatic heterocycles. The highest BCUT2D eigenvalue weighted by atomic mass is 16.3. The van der Waals surface area contributed by atoms with E-state index in [2.05, 4.69) is 43.4 Å². The molecule has 0 spiro atoms. The standard InChI is InChI=1S/C15H25NO/c1-14(2,16-12-15(3,4)17)11-10-13-8-6-5-7-9-13/h5-9,16-17H,10-12H2,1-4H3. The third-order valence-corrected chi connectivity index (χ3v) is 2.88. The summed E-state index contributed by atoms with van der Waals surface area (Å²) in [6.07, 6.45) is 2.12. The predicted octanol–water partition coefficient (Wildman–Crippen LogP) is 2.76. The number of hydrogen-bond acceptors (Lipinski definition) is 2. The van der Waals surface area contributed by atoms with Crippen molar-refractivity contribution >= 4 is 0 Å². The molecule has 96 valence electrons. The van der Waals surface area contributed by atoms with Gasteiger partial charge in [0.15, 0.2) is 0 Å². The fourth-order valence-electron chi connectivity index (χ4n) is 1.65. The van der Waals surface area contributed by atoms with Crippen LogP contribution in [0.2, 0.25) is 0 Å². The molecule has 2 nitrogen and oxygen atoms in total. The number of nitrogens with one attached hydrogen (secondary N) is 1. The van der Waals surface area contributed by atoms with E-state index in [1.165, 1.54) is 5.56 Å². The van der Waals surface area contributed by atoms with Crippen LogP contribution in [0.3, 0.4) is 0 Å². The molecule has 0 fully saturated rings. The molecule has 0 saturated heterocycles.